The average molecular weight is 219 g/mol. The Balaban J connectivity index is 2.07. The zero-order chi connectivity index (χ0) is 11.5. The van der Waals surface area contributed by atoms with Gasteiger partial charge in [-0.1, -0.05) is 30.5 Å². The maximum absolute atomic E-state index is 9.91. The van der Waals surface area contributed by atoms with E-state index in [0.29, 0.717) is 0 Å². The summed E-state index contributed by atoms with van der Waals surface area (Å²) in [6.07, 6.45) is 4.21. The number of hydrogen-bond donors (Lipinski definition) is 2. The molecule has 0 spiro atoms. The van der Waals surface area contributed by atoms with Gasteiger partial charge in [0.15, 0.2) is 0 Å². The Morgan fingerprint density at radius 2 is 1.94 bits per heavy atom. The largest absolute Gasteiger partial charge is 0.391 e. The molecule has 16 heavy (non-hydrogen) atoms. The number of hydrogen-bond acceptors (Lipinski definition) is 2. The lowest BCUT2D eigenvalue weighted by atomic mass is 9.92. The highest BCUT2D eigenvalue weighted by atomic mass is 16.3. The highest BCUT2D eigenvalue weighted by molar-refractivity contribution is 5.52. The number of aliphatic hydroxyl groups is 1. The van der Waals surface area contributed by atoms with Crippen LogP contribution in [0.2, 0.25) is 0 Å². The molecule has 0 aromatic heterocycles. The van der Waals surface area contributed by atoms with Crippen molar-refractivity contribution in [2.24, 2.45) is 0 Å². The number of nitrogens with one attached hydrogen (secondary N) is 1. The van der Waals surface area contributed by atoms with E-state index in [-0.39, 0.29) is 12.1 Å². The van der Waals surface area contributed by atoms with Crippen LogP contribution in [0.5, 0.6) is 0 Å². The summed E-state index contributed by atoms with van der Waals surface area (Å²) in [5.41, 5.74) is 3.71. The molecule has 1 fully saturated rings. The normalized spacial score (nSPS) is 25.4. The van der Waals surface area contributed by atoms with Gasteiger partial charge in [-0.05, 0) is 38.3 Å². The minimum Gasteiger partial charge on any atom is -0.391 e. The number of aryl methyl sites for hydroxylation is 2. The van der Waals surface area contributed by atoms with Crippen LogP contribution in [0.4, 0.5) is 5.69 Å². The third kappa shape index (κ3) is 2.56. The third-order valence-electron chi connectivity index (χ3n) is 3.45. The van der Waals surface area contributed by atoms with Crippen LogP contribution in [0, 0.1) is 13.8 Å². The summed E-state index contributed by atoms with van der Waals surface area (Å²) in [5.74, 6) is 0. The van der Waals surface area contributed by atoms with E-state index in [9.17, 15) is 5.11 Å². The highest BCUT2D eigenvalue weighted by Gasteiger charge is 2.22. The van der Waals surface area contributed by atoms with Crippen molar-refractivity contribution < 1.29 is 5.11 Å². The van der Waals surface area contributed by atoms with Crippen LogP contribution in [0.25, 0.3) is 0 Å². The number of rotatable bonds is 2. The molecule has 0 heterocycles. The van der Waals surface area contributed by atoms with Gasteiger partial charge >= 0.3 is 0 Å². The molecule has 2 unspecified atom stereocenters. The number of aliphatic hydroxyl groups excluding tert-OH is 1. The third-order valence-corrected chi connectivity index (χ3v) is 3.45. The monoisotopic (exact) mass is 219 g/mol. The Bertz CT molecular complexity index is 362. The van der Waals surface area contributed by atoms with Crippen LogP contribution < -0.4 is 5.32 Å². The van der Waals surface area contributed by atoms with E-state index in [1.807, 2.05) is 0 Å². The maximum atomic E-state index is 9.91. The van der Waals surface area contributed by atoms with Crippen LogP contribution in [0.3, 0.4) is 0 Å². The molecule has 2 heteroatoms. The molecule has 2 rings (SSSR count). The first kappa shape index (κ1) is 11.5. The van der Waals surface area contributed by atoms with Gasteiger partial charge in [-0.3, -0.25) is 0 Å². The van der Waals surface area contributed by atoms with Crippen molar-refractivity contribution in [3.8, 4) is 0 Å². The second-order valence-electron chi connectivity index (χ2n) is 4.92. The smallest absolute Gasteiger partial charge is 0.0741 e. The minimum absolute atomic E-state index is 0.186. The summed E-state index contributed by atoms with van der Waals surface area (Å²) in [7, 11) is 0. The maximum Gasteiger partial charge on any atom is 0.0741 e. The number of anilines is 1. The molecule has 2 N–H and O–H groups in total. The van der Waals surface area contributed by atoms with Crippen LogP contribution in [0.15, 0.2) is 18.2 Å². The van der Waals surface area contributed by atoms with E-state index in [0.717, 1.165) is 24.9 Å². The van der Waals surface area contributed by atoms with Crippen LogP contribution in [-0.2, 0) is 0 Å². The summed E-state index contributed by atoms with van der Waals surface area (Å²) in [4.78, 5) is 0. The van der Waals surface area contributed by atoms with E-state index < -0.39 is 0 Å². The summed E-state index contributed by atoms with van der Waals surface area (Å²) >= 11 is 0. The molecule has 0 aliphatic heterocycles. The molecule has 1 aliphatic carbocycles. The fourth-order valence-electron chi connectivity index (χ4n) is 2.45. The Morgan fingerprint density at radius 1 is 1.19 bits per heavy atom. The topological polar surface area (TPSA) is 32.3 Å². The van der Waals surface area contributed by atoms with Crippen molar-refractivity contribution in [1.29, 1.82) is 0 Å². The second kappa shape index (κ2) is 4.88. The Kier molecular flexibility index (Phi) is 3.49. The predicted molar refractivity (Wildman–Crippen MR) is 67.8 cm³/mol. The van der Waals surface area contributed by atoms with Gasteiger partial charge in [0.2, 0.25) is 0 Å². The van der Waals surface area contributed by atoms with E-state index in [1.165, 1.54) is 17.5 Å². The first-order valence-corrected chi connectivity index (χ1v) is 6.18. The molecule has 0 bridgehead atoms. The molecule has 2 atom stereocenters. The quantitative estimate of drug-likeness (QED) is 0.801. The van der Waals surface area contributed by atoms with E-state index >= 15 is 0 Å². The molecule has 88 valence electrons. The summed E-state index contributed by atoms with van der Waals surface area (Å²) in [6.45, 7) is 4.22. The van der Waals surface area contributed by atoms with E-state index in [1.54, 1.807) is 0 Å². The lowest BCUT2D eigenvalue weighted by Crippen LogP contribution is -2.36. The molecule has 0 radical (unpaired) electrons. The van der Waals surface area contributed by atoms with Crippen molar-refractivity contribution in [2.75, 3.05) is 5.32 Å². The first-order chi connectivity index (χ1) is 7.66. The minimum atomic E-state index is -0.186. The average Bonchev–Trinajstić information content (AvgIpc) is 2.25. The SMILES string of the molecule is Cc1ccc(NC2CCCCC2O)c(C)c1. The Hall–Kier alpha value is -1.02. The fraction of sp³-hybridized carbons (Fsp3) is 0.571. The zero-order valence-electron chi connectivity index (χ0n) is 10.2. The summed E-state index contributed by atoms with van der Waals surface area (Å²) < 4.78 is 0. The molecular weight excluding hydrogens is 198 g/mol. The molecular formula is C14H21NO. The lowest BCUT2D eigenvalue weighted by molar-refractivity contribution is 0.116. The predicted octanol–water partition coefficient (Wildman–Crippen LogP) is 3.02. The van der Waals surface area contributed by atoms with Crippen molar-refractivity contribution >= 4 is 5.69 Å². The van der Waals surface area contributed by atoms with E-state index in [2.05, 4.69) is 37.4 Å². The molecule has 0 saturated heterocycles. The molecule has 0 amide bonds. The van der Waals surface area contributed by atoms with Crippen LogP contribution in [0.1, 0.15) is 36.8 Å². The lowest BCUT2D eigenvalue weighted by Gasteiger charge is -2.29. The van der Waals surface area contributed by atoms with Crippen LogP contribution >= 0.6 is 0 Å². The Morgan fingerprint density at radius 3 is 2.62 bits per heavy atom. The highest BCUT2D eigenvalue weighted by Crippen LogP contribution is 2.24. The van der Waals surface area contributed by atoms with Gasteiger partial charge < -0.3 is 10.4 Å². The number of benzene rings is 1. The Labute approximate surface area is 97.7 Å². The van der Waals surface area contributed by atoms with Gasteiger partial charge in [0.1, 0.15) is 0 Å². The van der Waals surface area contributed by atoms with Gasteiger partial charge in [0, 0.05) is 5.69 Å². The van der Waals surface area contributed by atoms with Crippen molar-refractivity contribution in [3.63, 3.8) is 0 Å². The molecule has 1 saturated carbocycles. The van der Waals surface area contributed by atoms with Gasteiger partial charge in [-0.15, -0.1) is 0 Å². The van der Waals surface area contributed by atoms with Gasteiger partial charge in [-0.25, -0.2) is 0 Å². The zero-order valence-corrected chi connectivity index (χ0v) is 10.2. The molecule has 1 aromatic rings. The summed E-state index contributed by atoms with van der Waals surface area (Å²) in [6, 6.07) is 6.64. The van der Waals surface area contributed by atoms with Crippen molar-refractivity contribution in [2.45, 2.75) is 51.7 Å². The van der Waals surface area contributed by atoms with Gasteiger partial charge in [-0.2, -0.15) is 0 Å². The molecule has 1 aromatic carbocycles. The molecule has 1 aliphatic rings. The second-order valence-corrected chi connectivity index (χ2v) is 4.92. The van der Waals surface area contributed by atoms with E-state index in [4.69, 9.17) is 0 Å². The van der Waals surface area contributed by atoms with Crippen LogP contribution in [-0.4, -0.2) is 17.3 Å². The van der Waals surface area contributed by atoms with Gasteiger partial charge in [0.05, 0.1) is 12.1 Å². The standard InChI is InChI=1S/C14H21NO/c1-10-7-8-12(11(2)9-10)15-13-5-3-4-6-14(13)16/h7-9,13-16H,3-6H2,1-2H3. The molecule has 2 nitrogen and oxygen atoms in total. The summed E-state index contributed by atoms with van der Waals surface area (Å²) in [5, 5.41) is 13.4. The first-order valence-electron chi connectivity index (χ1n) is 6.18. The van der Waals surface area contributed by atoms with Crippen molar-refractivity contribution in [1.82, 2.24) is 0 Å². The van der Waals surface area contributed by atoms with Crippen molar-refractivity contribution in [3.05, 3.63) is 29.3 Å². The fourth-order valence-corrected chi connectivity index (χ4v) is 2.45. The van der Waals surface area contributed by atoms with Gasteiger partial charge in [0.25, 0.3) is 0 Å².